The highest BCUT2D eigenvalue weighted by Gasteiger charge is 2.15. The molecular formula is C15H20N2O3S. The maximum atomic E-state index is 11.6. The van der Waals surface area contributed by atoms with E-state index in [-0.39, 0.29) is 4.90 Å². The number of nitrogens with zero attached hydrogens (tertiary/aromatic N) is 2. The van der Waals surface area contributed by atoms with E-state index in [4.69, 9.17) is 0 Å². The zero-order valence-electron chi connectivity index (χ0n) is 12.2. The second-order valence-electron chi connectivity index (χ2n) is 5.10. The van der Waals surface area contributed by atoms with Crippen molar-refractivity contribution < 1.29 is 13.5 Å². The van der Waals surface area contributed by atoms with E-state index in [9.17, 15) is 13.5 Å². The summed E-state index contributed by atoms with van der Waals surface area (Å²) in [5.74, 6) is 0.800. The first-order valence-corrected chi connectivity index (χ1v) is 8.79. The Balaban J connectivity index is 2.20. The van der Waals surface area contributed by atoms with Crippen LogP contribution in [0.5, 0.6) is 0 Å². The molecule has 1 unspecified atom stereocenters. The van der Waals surface area contributed by atoms with Crippen molar-refractivity contribution in [1.29, 1.82) is 0 Å². The highest BCUT2D eigenvalue weighted by molar-refractivity contribution is 7.90. The molecule has 114 valence electrons. The van der Waals surface area contributed by atoms with Gasteiger partial charge in [-0.05, 0) is 24.1 Å². The van der Waals surface area contributed by atoms with Gasteiger partial charge in [0.1, 0.15) is 5.82 Å². The average Bonchev–Trinajstić information content (AvgIpc) is 2.86. The maximum Gasteiger partial charge on any atom is 0.175 e. The molecular weight excluding hydrogens is 288 g/mol. The zero-order valence-corrected chi connectivity index (χ0v) is 13.0. The summed E-state index contributed by atoms with van der Waals surface area (Å²) in [6, 6.07) is 6.43. The van der Waals surface area contributed by atoms with Crippen molar-refractivity contribution in [3.63, 3.8) is 0 Å². The Morgan fingerprint density at radius 2 is 2.14 bits per heavy atom. The van der Waals surface area contributed by atoms with Gasteiger partial charge < -0.3 is 9.67 Å². The minimum absolute atomic E-state index is 0.218. The Morgan fingerprint density at radius 3 is 2.81 bits per heavy atom. The molecule has 21 heavy (non-hydrogen) atoms. The van der Waals surface area contributed by atoms with Crippen LogP contribution in [-0.2, 0) is 22.8 Å². The normalized spacial score (nSPS) is 13.3. The smallest absolute Gasteiger partial charge is 0.175 e. The largest absolute Gasteiger partial charge is 0.388 e. The first-order chi connectivity index (χ1) is 9.91. The molecule has 0 aliphatic rings. The third-order valence-corrected chi connectivity index (χ3v) is 4.42. The maximum absolute atomic E-state index is 11.6. The van der Waals surface area contributed by atoms with Gasteiger partial charge in [-0.2, -0.15) is 0 Å². The molecule has 1 aromatic heterocycles. The molecule has 2 aromatic rings. The number of imidazole rings is 1. The van der Waals surface area contributed by atoms with Gasteiger partial charge in [0, 0.05) is 31.6 Å². The summed E-state index contributed by atoms with van der Waals surface area (Å²) >= 11 is 0. The van der Waals surface area contributed by atoms with Crippen LogP contribution in [0.15, 0.2) is 41.6 Å². The highest BCUT2D eigenvalue weighted by atomic mass is 32.2. The van der Waals surface area contributed by atoms with Gasteiger partial charge in [-0.15, -0.1) is 0 Å². The first-order valence-electron chi connectivity index (χ1n) is 6.90. The summed E-state index contributed by atoms with van der Waals surface area (Å²) in [6.45, 7) is 2.93. The Morgan fingerprint density at radius 1 is 1.38 bits per heavy atom. The molecule has 0 saturated carbocycles. The van der Waals surface area contributed by atoms with Crippen LogP contribution in [0.4, 0.5) is 0 Å². The van der Waals surface area contributed by atoms with E-state index in [1.165, 1.54) is 12.1 Å². The number of aliphatic hydroxyl groups is 1. The fourth-order valence-corrected chi connectivity index (χ4v) is 2.89. The van der Waals surface area contributed by atoms with Gasteiger partial charge >= 0.3 is 0 Å². The van der Waals surface area contributed by atoms with Crippen molar-refractivity contribution >= 4 is 9.84 Å². The fourth-order valence-electron chi connectivity index (χ4n) is 2.22. The lowest BCUT2D eigenvalue weighted by atomic mass is 10.1. The fraction of sp³-hybridized carbons (Fsp3) is 0.400. The van der Waals surface area contributed by atoms with E-state index >= 15 is 0 Å². The van der Waals surface area contributed by atoms with Gasteiger partial charge in [-0.1, -0.05) is 19.1 Å². The molecule has 0 aliphatic heterocycles. The summed E-state index contributed by atoms with van der Waals surface area (Å²) in [7, 11) is -3.27. The van der Waals surface area contributed by atoms with E-state index in [2.05, 4.69) is 11.9 Å². The lowest BCUT2D eigenvalue weighted by molar-refractivity contribution is 0.174. The Hall–Kier alpha value is -1.66. The van der Waals surface area contributed by atoms with Crippen molar-refractivity contribution in [1.82, 2.24) is 9.55 Å². The molecule has 2 rings (SSSR count). The summed E-state index contributed by atoms with van der Waals surface area (Å²) < 4.78 is 25.1. The zero-order chi connectivity index (χ0) is 15.5. The molecule has 0 amide bonds. The predicted octanol–water partition coefficient (Wildman–Crippen LogP) is 1.97. The minimum Gasteiger partial charge on any atom is -0.388 e. The lowest BCUT2D eigenvalue weighted by Crippen LogP contribution is -2.09. The number of hydrogen-bond donors (Lipinski definition) is 1. The van der Waals surface area contributed by atoms with Crippen molar-refractivity contribution in [2.75, 3.05) is 6.26 Å². The number of aryl methyl sites for hydroxylation is 1. The number of rotatable bonds is 6. The van der Waals surface area contributed by atoms with Crippen LogP contribution in [-0.4, -0.2) is 29.3 Å². The number of aliphatic hydroxyl groups excluding tert-OH is 1. The van der Waals surface area contributed by atoms with Crippen LogP contribution >= 0.6 is 0 Å². The highest BCUT2D eigenvalue weighted by Crippen LogP contribution is 2.21. The lowest BCUT2D eigenvalue weighted by Gasteiger charge is -2.13. The number of benzene rings is 1. The molecule has 0 radical (unpaired) electrons. The summed E-state index contributed by atoms with van der Waals surface area (Å²) in [6.07, 6.45) is 5.34. The van der Waals surface area contributed by atoms with Gasteiger partial charge in [0.15, 0.2) is 9.84 Å². The van der Waals surface area contributed by atoms with Crippen LogP contribution < -0.4 is 0 Å². The van der Waals surface area contributed by atoms with Crippen molar-refractivity contribution in [3.05, 3.63) is 48.0 Å². The summed E-state index contributed by atoms with van der Waals surface area (Å²) in [5.41, 5.74) is 0.587. The molecule has 1 atom stereocenters. The van der Waals surface area contributed by atoms with Crippen LogP contribution in [0.1, 0.15) is 30.8 Å². The number of hydrogen-bond acceptors (Lipinski definition) is 4. The molecule has 1 aromatic carbocycles. The van der Waals surface area contributed by atoms with E-state index < -0.39 is 15.9 Å². The van der Waals surface area contributed by atoms with Gasteiger partial charge in [0.05, 0.1) is 11.0 Å². The Labute approximate surface area is 125 Å². The summed E-state index contributed by atoms with van der Waals surface area (Å²) in [4.78, 5) is 4.47. The number of sulfone groups is 1. The molecule has 0 bridgehead atoms. The average molecular weight is 308 g/mol. The van der Waals surface area contributed by atoms with Crippen molar-refractivity contribution in [2.24, 2.45) is 0 Å². The molecule has 0 aliphatic carbocycles. The van der Waals surface area contributed by atoms with Crippen LogP contribution in [0, 0.1) is 0 Å². The van der Waals surface area contributed by atoms with E-state index in [0.29, 0.717) is 12.0 Å². The van der Waals surface area contributed by atoms with Gasteiger partial charge in [-0.25, -0.2) is 13.4 Å². The SMILES string of the molecule is CCCn1ccnc1CC(O)c1cccc(S(C)(=O)=O)c1. The minimum atomic E-state index is -3.27. The van der Waals surface area contributed by atoms with Crippen molar-refractivity contribution in [3.8, 4) is 0 Å². The van der Waals surface area contributed by atoms with E-state index in [0.717, 1.165) is 25.0 Å². The number of aromatic nitrogens is 2. The van der Waals surface area contributed by atoms with Gasteiger partial charge in [0.25, 0.3) is 0 Å². The second-order valence-corrected chi connectivity index (χ2v) is 7.12. The van der Waals surface area contributed by atoms with Crippen LogP contribution in [0.3, 0.4) is 0 Å². The quantitative estimate of drug-likeness (QED) is 0.885. The molecule has 6 heteroatoms. The van der Waals surface area contributed by atoms with Crippen molar-refractivity contribution in [2.45, 2.75) is 37.3 Å². The van der Waals surface area contributed by atoms with Crippen LogP contribution in [0.25, 0.3) is 0 Å². The molecule has 0 fully saturated rings. The first kappa shape index (κ1) is 15.7. The predicted molar refractivity (Wildman–Crippen MR) is 80.7 cm³/mol. The van der Waals surface area contributed by atoms with E-state index in [1.807, 2.05) is 10.8 Å². The topological polar surface area (TPSA) is 72.2 Å². The van der Waals surface area contributed by atoms with Gasteiger partial charge in [-0.3, -0.25) is 0 Å². The Bertz CT molecular complexity index is 707. The molecule has 1 N–H and O–H groups in total. The Kier molecular flexibility index (Phi) is 4.80. The van der Waals surface area contributed by atoms with Crippen LogP contribution in [0.2, 0.25) is 0 Å². The molecule has 1 heterocycles. The van der Waals surface area contributed by atoms with Gasteiger partial charge in [0.2, 0.25) is 0 Å². The van der Waals surface area contributed by atoms with E-state index in [1.54, 1.807) is 18.3 Å². The third-order valence-electron chi connectivity index (χ3n) is 3.31. The molecule has 5 nitrogen and oxygen atoms in total. The summed E-state index contributed by atoms with van der Waals surface area (Å²) in [5, 5.41) is 10.3. The molecule has 0 saturated heterocycles. The molecule has 0 spiro atoms. The third kappa shape index (κ3) is 3.92. The second kappa shape index (κ2) is 6.41. The standard InChI is InChI=1S/C15H20N2O3S/c1-3-8-17-9-7-16-15(17)11-14(18)12-5-4-6-13(10-12)21(2,19)20/h4-7,9-10,14,18H,3,8,11H2,1-2H3. The monoisotopic (exact) mass is 308 g/mol.